The van der Waals surface area contributed by atoms with Crippen LogP contribution in [0.2, 0.25) is 0 Å². The number of pyridine rings is 1. The lowest BCUT2D eigenvalue weighted by atomic mass is 10.2. The number of hydrogen-bond donors (Lipinski definition) is 1. The lowest BCUT2D eigenvalue weighted by Crippen LogP contribution is -2.12. The van der Waals surface area contributed by atoms with Crippen LogP contribution in [0.1, 0.15) is 15.9 Å². The van der Waals surface area contributed by atoms with Gasteiger partial charge in [0.25, 0.3) is 5.91 Å². The summed E-state index contributed by atoms with van der Waals surface area (Å²) >= 11 is 1.73. The van der Waals surface area contributed by atoms with Gasteiger partial charge in [-0.25, -0.2) is 0 Å². The van der Waals surface area contributed by atoms with Crippen LogP contribution in [0.5, 0.6) is 5.75 Å². The normalized spacial score (nSPS) is 10.5. The quantitative estimate of drug-likeness (QED) is 0.423. The summed E-state index contributed by atoms with van der Waals surface area (Å²) in [7, 11) is 1.62. The summed E-state index contributed by atoms with van der Waals surface area (Å²) < 4.78 is 10.5. The number of amides is 1. The second-order valence-corrected chi connectivity index (χ2v) is 7.05. The topological polar surface area (TPSA) is 60.5 Å². The Bertz CT molecular complexity index is 886. The first kappa shape index (κ1) is 19.9. The average molecular weight is 394 g/mol. The first-order valence-electron chi connectivity index (χ1n) is 8.89. The summed E-state index contributed by atoms with van der Waals surface area (Å²) in [4.78, 5) is 17.7. The molecule has 0 radical (unpaired) electrons. The number of methoxy groups -OCH3 is 1. The Hall–Kier alpha value is -2.83. The van der Waals surface area contributed by atoms with Gasteiger partial charge in [-0.3, -0.25) is 9.78 Å². The molecule has 0 spiro atoms. The molecule has 1 aromatic heterocycles. The zero-order valence-corrected chi connectivity index (χ0v) is 16.4. The fourth-order valence-electron chi connectivity index (χ4n) is 2.46. The minimum Gasteiger partial charge on any atom is -0.491 e. The van der Waals surface area contributed by atoms with E-state index in [4.69, 9.17) is 9.47 Å². The van der Waals surface area contributed by atoms with Crippen molar-refractivity contribution in [2.75, 3.05) is 25.6 Å². The smallest absolute Gasteiger partial charge is 0.255 e. The first-order valence-corrected chi connectivity index (χ1v) is 9.88. The Kier molecular flexibility index (Phi) is 7.46. The molecular weight excluding hydrogens is 372 g/mol. The van der Waals surface area contributed by atoms with Crippen LogP contribution >= 0.6 is 11.8 Å². The molecule has 0 saturated heterocycles. The molecule has 0 bridgehead atoms. The summed E-state index contributed by atoms with van der Waals surface area (Å²) in [6.45, 7) is 0.946. The van der Waals surface area contributed by atoms with Crippen molar-refractivity contribution < 1.29 is 14.3 Å². The van der Waals surface area contributed by atoms with Crippen molar-refractivity contribution in [3.63, 3.8) is 0 Å². The van der Waals surface area contributed by atoms with Crippen molar-refractivity contribution in [3.05, 3.63) is 84.2 Å². The van der Waals surface area contributed by atoms with E-state index in [0.29, 0.717) is 24.5 Å². The van der Waals surface area contributed by atoms with Crippen molar-refractivity contribution in [2.45, 2.75) is 10.6 Å². The van der Waals surface area contributed by atoms with Crippen LogP contribution in [-0.4, -0.2) is 31.2 Å². The van der Waals surface area contributed by atoms with Crippen molar-refractivity contribution in [3.8, 4) is 5.75 Å². The number of carbonyl (C=O) groups excluding carboxylic acids is 1. The second kappa shape index (κ2) is 10.5. The molecule has 2 aromatic carbocycles. The summed E-state index contributed by atoms with van der Waals surface area (Å²) in [5.74, 6) is 1.33. The van der Waals surface area contributed by atoms with Gasteiger partial charge >= 0.3 is 0 Å². The van der Waals surface area contributed by atoms with Gasteiger partial charge in [0.15, 0.2) is 0 Å². The minimum absolute atomic E-state index is 0.173. The number of rotatable bonds is 9. The number of nitrogens with zero attached hydrogens (tertiary/aromatic N) is 1. The van der Waals surface area contributed by atoms with Gasteiger partial charge in [-0.05, 0) is 54.1 Å². The maximum atomic E-state index is 12.5. The predicted molar refractivity (Wildman–Crippen MR) is 112 cm³/mol. The Morgan fingerprint density at radius 1 is 1.07 bits per heavy atom. The number of thioether (sulfide) groups is 1. The molecule has 3 aromatic rings. The molecule has 0 saturated carbocycles. The van der Waals surface area contributed by atoms with E-state index in [9.17, 15) is 4.79 Å². The highest BCUT2D eigenvalue weighted by Gasteiger charge is 2.08. The summed E-state index contributed by atoms with van der Waals surface area (Å²) in [6, 6.07) is 18.9. The van der Waals surface area contributed by atoms with E-state index in [1.807, 2.05) is 42.6 Å². The van der Waals surface area contributed by atoms with Crippen LogP contribution in [-0.2, 0) is 10.5 Å². The fourth-order valence-corrected chi connectivity index (χ4v) is 3.29. The summed E-state index contributed by atoms with van der Waals surface area (Å²) in [5, 5.41) is 2.92. The number of aromatic nitrogens is 1. The second-order valence-electron chi connectivity index (χ2n) is 6.00. The molecule has 3 rings (SSSR count). The highest BCUT2D eigenvalue weighted by Crippen LogP contribution is 2.24. The first-order chi connectivity index (χ1) is 13.7. The molecule has 5 nitrogen and oxygen atoms in total. The predicted octanol–water partition coefficient (Wildman–Crippen LogP) is 4.65. The number of ether oxygens (including phenoxy) is 2. The third-order valence-corrected chi connectivity index (χ3v) is 4.98. The Balaban J connectivity index is 1.54. The van der Waals surface area contributed by atoms with Gasteiger partial charge < -0.3 is 14.8 Å². The molecule has 28 heavy (non-hydrogen) atoms. The lowest BCUT2D eigenvalue weighted by Gasteiger charge is -2.09. The van der Waals surface area contributed by atoms with Gasteiger partial charge in [-0.2, -0.15) is 0 Å². The van der Waals surface area contributed by atoms with Crippen molar-refractivity contribution in [2.24, 2.45) is 0 Å². The van der Waals surface area contributed by atoms with Gasteiger partial charge in [0, 0.05) is 41.4 Å². The van der Waals surface area contributed by atoms with E-state index in [0.717, 1.165) is 16.3 Å². The molecule has 0 aliphatic heterocycles. The van der Waals surface area contributed by atoms with Gasteiger partial charge in [0.05, 0.1) is 6.61 Å². The molecule has 1 N–H and O–H groups in total. The van der Waals surface area contributed by atoms with E-state index >= 15 is 0 Å². The van der Waals surface area contributed by atoms with E-state index in [-0.39, 0.29) is 5.91 Å². The van der Waals surface area contributed by atoms with E-state index < -0.39 is 0 Å². The number of carbonyl (C=O) groups is 1. The average Bonchev–Trinajstić information content (AvgIpc) is 2.74. The van der Waals surface area contributed by atoms with Crippen LogP contribution in [0.15, 0.2) is 78.0 Å². The standard InChI is InChI=1S/C22H22N2O3S/c1-26-12-13-27-20-6-2-5-18(14-20)22(25)24-19-7-9-21(10-8-19)28-16-17-4-3-11-23-15-17/h2-11,14-15H,12-13,16H2,1H3,(H,24,25). The highest BCUT2D eigenvalue weighted by atomic mass is 32.2. The van der Waals surface area contributed by atoms with Gasteiger partial charge in [0.2, 0.25) is 0 Å². The highest BCUT2D eigenvalue weighted by molar-refractivity contribution is 7.98. The number of nitrogens with one attached hydrogen (secondary N) is 1. The molecule has 0 atom stereocenters. The molecule has 0 unspecified atom stereocenters. The van der Waals surface area contributed by atoms with Crippen LogP contribution < -0.4 is 10.1 Å². The van der Waals surface area contributed by atoms with Gasteiger partial charge in [-0.1, -0.05) is 12.1 Å². The van der Waals surface area contributed by atoms with E-state index in [1.165, 1.54) is 5.56 Å². The van der Waals surface area contributed by atoms with Crippen molar-refractivity contribution >= 4 is 23.4 Å². The van der Waals surface area contributed by atoms with Crippen molar-refractivity contribution in [1.29, 1.82) is 0 Å². The Morgan fingerprint density at radius 2 is 1.93 bits per heavy atom. The number of hydrogen-bond acceptors (Lipinski definition) is 5. The van der Waals surface area contributed by atoms with Crippen molar-refractivity contribution in [1.82, 2.24) is 4.98 Å². The molecule has 0 aliphatic carbocycles. The van der Waals surface area contributed by atoms with Crippen LogP contribution in [0, 0.1) is 0 Å². The lowest BCUT2D eigenvalue weighted by molar-refractivity contribution is 0.102. The van der Waals surface area contributed by atoms with Crippen LogP contribution in [0.25, 0.3) is 0 Å². The maximum absolute atomic E-state index is 12.5. The van der Waals surface area contributed by atoms with E-state index in [2.05, 4.69) is 16.4 Å². The maximum Gasteiger partial charge on any atom is 0.255 e. The van der Waals surface area contributed by atoms with Crippen LogP contribution in [0.3, 0.4) is 0 Å². The largest absolute Gasteiger partial charge is 0.491 e. The molecular formula is C22H22N2O3S. The van der Waals surface area contributed by atoms with Gasteiger partial charge in [0.1, 0.15) is 12.4 Å². The third kappa shape index (κ3) is 6.11. The molecule has 0 fully saturated rings. The van der Waals surface area contributed by atoms with Gasteiger partial charge in [-0.15, -0.1) is 11.8 Å². The molecule has 1 amide bonds. The SMILES string of the molecule is COCCOc1cccc(C(=O)Nc2ccc(SCc3cccnc3)cc2)c1. The molecule has 0 aliphatic rings. The fraction of sp³-hybridized carbons (Fsp3) is 0.182. The molecule has 144 valence electrons. The monoisotopic (exact) mass is 394 g/mol. The molecule has 1 heterocycles. The minimum atomic E-state index is -0.173. The Morgan fingerprint density at radius 3 is 2.68 bits per heavy atom. The zero-order chi connectivity index (χ0) is 19.6. The summed E-state index contributed by atoms with van der Waals surface area (Å²) in [5.41, 5.74) is 2.48. The van der Waals surface area contributed by atoms with E-state index in [1.54, 1.807) is 43.3 Å². The van der Waals surface area contributed by atoms with Crippen LogP contribution in [0.4, 0.5) is 5.69 Å². The third-order valence-electron chi connectivity index (χ3n) is 3.89. The number of anilines is 1. The Labute approximate surface area is 169 Å². The number of benzene rings is 2. The molecule has 6 heteroatoms. The summed E-state index contributed by atoms with van der Waals surface area (Å²) in [6.07, 6.45) is 3.64. The zero-order valence-electron chi connectivity index (χ0n) is 15.6.